The molecule has 0 aromatic rings. The van der Waals surface area contributed by atoms with Crippen molar-refractivity contribution in [2.24, 2.45) is 11.5 Å². The Morgan fingerprint density at radius 3 is 0.862 bits per heavy atom. The Balaban J connectivity index is -0.0000000234. The second-order valence-corrected chi connectivity index (χ2v) is 3.11. The van der Waals surface area contributed by atoms with Gasteiger partial charge in [-0.1, -0.05) is 71.6 Å². The fourth-order valence-electron chi connectivity index (χ4n) is 0.300. The number of nitrogens with two attached hydrogens (primary N) is 2. The van der Waals surface area contributed by atoms with Crippen molar-refractivity contribution in [1.82, 2.24) is 0 Å². The summed E-state index contributed by atoms with van der Waals surface area (Å²) in [5.41, 5.74) is 9.20. The second-order valence-electron chi connectivity index (χ2n) is 3.11. The molecule has 0 aromatic heterocycles. The predicted molar refractivity (Wildman–Crippen MR) is 117 cm³/mol. The van der Waals surface area contributed by atoms with E-state index < -0.39 is 24.1 Å². The van der Waals surface area contributed by atoms with Crippen molar-refractivity contribution < 1.29 is 43.4 Å². The van der Waals surface area contributed by atoms with Gasteiger partial charge in [-0.25, -0.2) is 38.7 Å². The third-order valence-corrected chi connectivity index (χ3v) is 1.10. The average molecular weight is 437 g/mol. The largest absolute Gasteiger partial charge is 0.447 e. The number of rotatable bonds is 2. The minimum atomic E-state index is -1.17. The summed E-state index contributed by atoms with van der Waals surface area (Å²) >= 11 is 0. The van der Waals surface area contributed by atoms with Crippen molar-refractivity contribution >= 4 is 24.1 Å². The van der Waals surface area contributed by atoms with Crippen LogP contribution >= 0.6 is 0 Å². The van der Waals surface area contributed by atoms with Crippen LogP contribution in [0, 0.1) is 0 Å². The zero-order chi connectivity index (χ0) is 18.3. The van der Waals surface area contributed by atoms with E-state index in [0.717, 1.165) is 0 Å². The standard InChI is InChI=1S/2C5H7NO4.C2H6.6CH4.FH/c2*1-3(2)4(7)9-10-5(6)8;1-2;;;;;;;/h2*1H2,2H3,(H2,6,8);1-2H3;6*1H4;1H. The Labute approximate surface area is 176 Å². The molecule has 0 bridgehead atoms. The summed E-state index contributed by atoms with van der Waals surface area (Å²) in [5, 5.41) is 0. The molecule has 0 aliphatic rings. The zero-order valence-corrected chi connectivity index (χ0v) is 13.2. The molecule has 0 saturated carbocycles. The van der Waals surface area contributed by atoms with Gasteiger partial charge in [-0.05, 0) is 13.8 Å². The van der Waals surface area contributed by atoms with E-state index in [-0.39, 0.29) is 60.4 Å². The molecule has 11 heteroatoms. The molecule has 0 fully saturated rings. The predicted octanol–water partition coefficient (Wildman–Crippen LogP) is 5.23. The van der Waals surface area contributed by atoms with Crippen molar-refractivity contribution in [1.29, 1.82) is 0 Å². The minimum absolute atomic E-state index is 0. The SMILES string of the molecule is C.C.C.C.C.C.C=C(C)C(=O)OOC(N)=O.C=C(C)C(=O)OOC(N)=O.CC.F. The van der Waals surface area contributed by atoms with E-state index in [0.29, 0.717) is 0 Å². The van der Waals surface area contributed by atoms with Crippen LogP contribution in [0.25, 0.3) is 0 Å². The van der Waals surface area contributed by atoms with Gasteiger partial charge in [-0.2, -0.15) is 0 Å². The van der Waals surface area contributed by atoms with E-state index in [2.05, 4.69) is 44.2 Å². The van der Waals surface area contributed by atoms with Gasteiger partial charge in [0.15, 0.2) is 0 Å². The summed E-state index contributed by atoms with van der Waals surface area (Å²) in [6.07, 6.45) is -2.34. The number of carbonyl (C=O) groups excluding carboxylic acids is 4. The highest BCUT2D eigenvalue weighted by Crippen LogP contribution is 1.92. The maximum atomic E-state index is 10.4. The van der Waals surface area contributed by atoms with E-state index in [4.69, 9.17) is 0 Å². The molecule has 0 spiro atoms. The summed E-state index contributed by atoms with van der Waals surface area (Å²) in [5.74, 6) is -1.64. The maximum Gasteiger partial charge on any atom is 0.447 e. The van der Waals surface area contributed by atoms with E-state index in [1.165, 1.54) is 13.8 Å². The lowest BCUT2D eigenvalue weighted by atomic mass is 10.4. The first kappa shape index (κ1) is 63.5. The van der Waals surface area contributed by atoms with Crippen LogP contribution in [0.5, 0.6) is 0 Å². The number of carbonyl (C=O) groups is 4. The summed E-state index contributed by atoms with van der Waals surface area (Å²) in [6, 6.07) is 0. The Bertz CT molecular complexity index is 402. The Kier molecular flexibility index (Phi) is 87.2. The molecule has 2 amide bonds. The Hall–Kier alpha value is -3.11. The van der Waals surface area contributed by atoms with Crippen LogP contribution in [0.3, 0.4) is 0 Å². The van der Waals surface area contributed by atoms with E-state index in [1.54, 1.807) is 0 Å². The van der Waals surface area contributed by atoms with Crippen LogP contribution in [0.1, 0.15) is 72.3 Å². The molecule has 29 heavy (non-hydrogen) atoms. The highest BCUT2D eigenvalue weighted by atomic mass is 19.0. The topological polar surface area (TPSA) is 157 Å². The molecule has 10 nitrogen and oxygen atoms in total. The highest BCUT2D eigenvalue weighted by molar-refractivity contribution is 5.87. The number of amides is 2. The minimum Gasteiger partial charge on any atom is -0.332 e. The van der Waals surface area contributed by atoms with Gasteiger partial charge in [0.05, 0.1) is 0 Å². The van der Waals surface area contributed by atoms with Crippen molar-refractivity contribution in [2.75, 3.05) is 0 Å². The Morgan fingerprint density at radius 2 is 0.759 bits per heavy atom. The number of halogens is 1. The second kappa shape index (κ2) is 39.8. The first-order valence-electron chi connectivity index (χ1n) is 5.75. The fraction of sp³-hybridized carbons (Fsp3) is 0.556. The van der Waals surface area contributed by atoms with Gasteiger partial charge >= 0.3 is 24.1 Å². The molecule has 0 aromatic carbocycles. The third-order valence-electron chi connectivity index (χ3n) is 1.10. The summed E-state index contributed by atoms with van der Waals surface area (Å²) in [7, 11) is 0. The number of hydrogen-bond donors (Lipinski definition) is 2. The zero-order valence-electron chi connectivity index (χ0n) is 13.2. The molecule has 4 N–H and O–H groups in total. The lowest BCUT2D eigenvalue weighted by Crippen LogP contribution is -2.16. The van der Waals surface area contributed by atoms with Crippen molar-refractivity contribution in [3.63, 3.8) is 0 Å². The summed E-state index contributed by atoms with van der Waals surface area (Å²) in [6.45, 7) is 13.3. The molecule has 0 saturated heterocycles. The van der Waals surface area contributed by atoms with Crippen LogP contribution in [0.4, 0.5) is 14.3 Å². The molecular weight excluding hydrogens is 391 g/mol. The molecule has 0 atom stereocenters. The molecule has 0 aliphatic carbocycles. The number of hydrogen-bond acceptors (Lipinski definition) is 8. The lowest BCUT2D eigenvalue weighted by Gasteiger charge is -1.97. The monoisotopic (exact) mass is 436 g/mol. The first-order valence-corrected chi connectivity index (χ1v) is 5.75. The van der Waals surface area contributed by atoms with Crippen LogP contribution in [0.2, 0.25) is 0 Å². The molecule has 182 valence electrons. The quantitative estimate of drug-likeness (QED) is 0.338. The molecule has 0 rings (SSSR count). The van der Waals surface area contributed by atoms with Crippen LogP contribution < -0.4 is 11.5 Å². The molecule has 0 radical (unpaired) electrons. The van der Waals surface area contributed by atoms with Gasteiger partial charge in [0, 0.05) is 11.1 Å². The van der Waals surface area contributed by atoms with Crippen LogP contribution in [0.15, 0.2) is 24.3 Å². The normalized spacial score (nSPS) is 5.79. The molecule has 0 aliphatic heterocycles. The molecule has 0 heterocycles. The van der Waals surface area contributed by atoms with Gasteiger partial charge in [0.2, 0.25) is 0 Å². The third kappa shape index (κ3) is 58.8. The van der Waals surface area contributed by atoms with E-state index in [9.17, 15) is 19.2 Å². The van der Waals surface area contributed by atoms with Crippen molar-refractivity contribution in [3.8, 4) is 0 Å². The van der Waals surface area contributed by atoms with Gasteiger partial charge in [-0.3, -0.25) is 4.70 Å². The fourth-order valence-corrected chi connectivity index (χ4v) is 0.300. The van der Waals surface area contributed by atoms with E-state index >= 15 is 0 Å². The Morgan fingerprint density at radius 1 is 0.586 bits per heavy atom. The first-order chi connectivity index (χ1) is 10.1. The van der Waals surface area contributed by atoms with Gasteiger partial charge in [-0.15, -0.1) is 0 Å². The van der Waals surface area contributed by atoms with Crippen molar-refractivity contribution in [2.45, 2.75) is 72.3 Å². The van der Waals surface area contributed by atoms with Gasteiger partial charge in [0.25, 0.3) is 0 Å². The maximum absolute atomic E-state index is 10.4. The van der Waals surface area contributed by atoms with Gasteiger partial charge in [0.1, 0.15) is 0 Å². The molecular formula is C18H45FN2O8. The summed E-state index contributed by atoms with van der Waals surface area (Å²) < 4.78 is 0. The highest BCUT2D eigenvalue weighted by Gasteiger charge is 2.06. The summed E-state index contributed by atoms with van der Waals surface area (Å²) in [4.78, 5) is 55.5. The van der Waals surface area contributed by atoms with Crippen LogP contribution in [-0.2, 0) is 29.1 Å². The van der Waals surface area contributed by atoms with Crippen LogP contribution in [-0.4, -0.2) is 24.1 Å². The number of primary amides is 2. The smallest absolute Gasteiger partial charge is 0.332 e. The van der Waals surface area contributed by atoms with Gasteiger partial charge < -0.3 is 11.5 Å². The average Bonchev–Trinajstić information content (AvgIpc) is 2.44. The molecule has 0 unspecified atom stereocenters. The van der Waals surface area contributed by atoms with E-state index in [1.807, 2.05) is 13.8 Å². The lowest BCUT2D eigenvalue weighted by molar-refractivity contribution is -0.226. The van der Waals surface area contributed by atoms with Crippen molar-refractivity contribution in [3.05, 3.63) is 24.3 Å².